The van der Waals surface area contributed by atoms with E-state index in [1.165, 1.54) is 17.5 Å². The van der Waals surface area contributed by atoms with Gasteiger partial charge in [-0.2, -0.15) is 0 Å². The maximum atomic E-state index is 11.7. The first-order valence-electron chi connectivity index (χ1n) is 3.99. The Bertz CT molecular complexity index is 385. The van der Waals surface area contributed by atoms with Crippen molar-refractivity contribution in [2.45, 2.75) is 0 Å². The summed E-state index contributed by atoms with van der Waals surface area (Å²) in [5.41, 5.74) is 0.150. The topological polar surface area (TPSA) is 24.7 Å². The molecular formula is C10H10N2OS. The number of ketones is 1. The third kappa shape index (κ3) is 2.44. The first kappa shape index (κ1) is 10.5. The molecule has 0 unspecified atom stereocenters. The molecule has 0 saturated heterocycles. The van der Waals surface area contributed by atoms with Gasteiger partial charge in [-0.05, 0) is 11.4 Å². The molecule has 0 aromatic carbocycles. The lowest BCUT2D eigenvalue weighted by molar-refractivity contribution is 0.104. The van der Waals surface area contributed by atoms with Gasteiger partial charge in [0, 0.05) is 20.3 Å². The average molecular weight is 206 g/mol. The van der Waals surface area contributed by atoms with Gasteiger partial charge >= 0.3 is 0 Å². The summed E-state index contributed by atoms with van der Waals surface area (Å²) in [4.78, 5) is 17.2. The highest BCUT2D eigenvalue weighted by atomic mass is 32.1. The zero-order valence-corrected chi connectivity index (χ0v) is 8.84. The number of carbonyl (C=O) groups excluding carboxylic acids is 1. The third-order valence-corrected chi connectivity index (χ3v) is 2.35. The van der Waals surface area contributed by atoms with E-state index in [0.29, 0.717) is 4.88 Å². The zero-order valence-electron chi connectivity index (χ0n) is 8.02. The Kier molecular flexibility index (Phi) is 3.43. The molecule has 14 heavy (non-hydrogen) atoms. The number of allylic oxidation sites excluding steroid dienone is 1. The van der Waals surface area contributed by atoms with E-state index >= 15 is 0 Å². The predicted octanol–water partition coefficient (Wildman–Crippen LogP) is 2.25. The number of hydrogen-bond acceptors (Lipinski definition) is 3. The quantitative estimate of drug-likeness (QED) is 0.430. The van der Waals surface area contributed by atoms with Crippen molar-refractivity contribution in [1.82, 2.24) is 4.90 Å². The van der Waals surface area contributed by atoms with Gasteiger partial charge < -0.3 is 9.69 Å². The van der Waals surface area contributed by atoms with Gasteiger partial charge in [0.1, 0.15) is 0 Å². The van der Waals surface area contributed by atoms with Crippen molar-refractivity contribution in [2.24, 2.45) is 0 Å². The summed E-state index contributed by atoms with van der Waals surface area (Å²) in [5, 5.41) is 1.82. The number of thiophene rings is 1. The van der Waals surface area contributed by atoms with Crippen LogP contribution in [-0.2, 0) is 0 Å². The molecule has 0 radical (unpaired) electrons. The Morgan fingerprint density at radius 2 is 2.36 bits per heavy atom. The van der Waals surface area contributed by atoms with E-state index in [1.807, 2.05) is 5.38 Å². The highest BCUT2D eigenvalue weighted by molar-refractivity contribution is 7.12. The van der Waals surface area contributed by atoms with Crippen LogP contribution in [0.25, 0.3) is 4.85 Å². The fourth-order valence-electron chi connectivity index (χ4n) is 0.917. The molecule has 0 N–H and O–H groups in total. The molecule has 0 aliphatic heterocycles. The van der Waals surface area contributed by atoms with Crippen LogP contribution in [-0.4, -0.2) is 24.8 Å². The zero-order chi connectivity index (χ0) is 10.6. The van der Waals surface area contributed by atoms with Crippen molar-refractivity contribution < 1.29 is 4.79 Å². The highest BCUT2D eigenvalue weighted by Crippen LogP contribution is 2.15. The largest absolute Gasteiger partial charge is 0.393 e. The lowest BCUT2D eigenvalue weighted by atomic mass is 10.2. The molecule has 0 spiro atoms. The van der Waals surface area contributed by atoms with Crippen LogP contribution in [0.1, 0.15) is 9.67 Å². The Morgan fingerprint density at radius 1 is 1.64 bits per heavy atom. The molecule has 0 atom stereocenters. The smallest absolute Gasteiger partial charge is 0.250 e. The van der Waals surface area contributed by atoms with Crippen molar-refractivity contribution in [3.63, 3.8) is 0 Å². The van der Waals surface area contributed by atoms with E-state index in [-0.39, 0.29) is 11.5 Å². The van der Waals surface area contributed by atoms with Crippen molar-refractivity contribution in [2.75, 3.05) is 14.1 Å². The molecule has 0 aliphatic rings. The van der Waals surface area contributed by atoms with E-state index in [2.05, 4.69) is 4.85 Å². The van der Waals surface area contributed by atoms with Crippen LogP contribution in [0.3, 0.4) is 0 Å². The van der Waals surface area contributed by atoms with Crippen molar-refractivity contribution in [3.8, 4) is 0 Å². The molecule has 1 rings (SSSR count). The van der Waals surface area contributed by atoms with Crippen LogP contribution in [0.15, 0.2) is 29.4 Å². The molecule has 0 fully saturated rings. The first-order valence-corrected chi connectivity index (χ1v) is 4.87. The molecule has 0 saturated carbocycles. The second-order valence-electron chi connectivity index (χ2n) is 2.90. The summed E-state index contributed by atoms with van der Waals surface area (Å²) < 4.78 is 0. The Balaban J connectivity index is 2.94. The third-order valence-electron chi connectivity index (χ3n) is 1.48. The van der Waals surface area contributed by atoms with Crippen molar-refractivity contribution >= 4 is 17.1 Å². The summed E-state index contributed by atoms with van der Waals surface area (Å²) in [5.74, 6) is -0.205. The summed E-state index contributed by atoms with van der Waals surface area (Å²) >= 11 is 1.35. The van der Waals surface area contributed by atoms with E-state index in [9.17, 15) is 4.79 Å². The standard InChI is InChI=1S/C10H10N2OS/c1-11-8(7-12(2)3)10(13)9-5-4-6-14-9/h4-7H,2-3H3/b8-7-. The molecule has 0 amide bonds. The molecule has 4 heteroatoms. The summed E-state index contributed by atoms with van der Waals surface area (Å²) in [6, 6.07) is 3.52. The monoisotopic (exact) mass is 206 g/mol. The van der Waals surface area contributed by atoms with Gasteiger partial charge in [0.25, 0.3) is 0 Å². The highest BCUT2D eigenvalue weighted by Gasteiger charge is 2.13. The van der Waals surface area contributed by atoms with E-state index in [4.69, 9.17) is 6.57 Å². The van der Waals surface area contributed by atoms with Gasteiger partial charge in [0.05, 0.1) is 11.4 Å². The Morgan fingerprint density at radius 3 is 2.79 bits per heavy atom. The van der Waals surface area contributed by atoms with Crippen LogP contribution in [0.2, 0.25) is 0 Å². The lowest BCUT2D eigenvalue weighted by Crippen LogP contribution is -2.06. The number of nitrogens with zero attached hydrogens (tertiary/aromatic N) is 2. The van der Waals surface area contributed by atoms with E-state index < -0.39 is 0 Å². The first-order chi connectivity index (χ1) is 6.65. The summed E-state index contributed by atoms with van der Waals surface area (Å²) in [6.07, 6.45) is 1.54. The number of rotatable bonds is 3. The minimum atomic E-state index is -0.205. The van der Waals surface area contributed by atoms with Crippen LogP contribution < -0.4 is 0 Å². The average Bonchev–Trinajstić information content (AvgIpc) is 2.65. The van der Waals surface area contributed by atoms with E-state index in [1.54, 1.807) is 31.1 Å². The van der Waals surface area contributed by atoms with Crippen molar-refractivity contribution in [1.29, 1.82) is 0 Å². The molecule has 3 nitrogen and oxygen atoms in total. The van der Waals surface area contributed by atoms with Crippen LogP contribution >= 0.6 is 11.3 Å². The van der Waals surface area contributed by atoms with Gasteiger partial charge in [0.2, 0.25) is 11.5 Å². The Hall–Kier alpha value is -1.60. The molecular weight excluding hydrogens is 196 g/mol. The maximum Gasteiger partial charge on any atom is 0.250 e. The minimum Gasteiger partial charge on any atom is -0.393 e. The van der Waals surface area contributed by atoms with Crippen LogP contribution in [0.5, 0.6) is 0 Å². The second kappa shape index (κ2) is 4.58. The van der Waals surface area contributed by atoms with Gasteiger partial charge in [-0.15, -0.1) is 11.3 Å². The number of Topliss-reactive ketones (excluding diaryl/α,β-unsaturated/α-hetero) is 1. The summed E-state index contributed by atoms with van der Waals surface area (Å²) in [7, 11) is 3.57. The lowest BCUT2D eigenvalue weighted by Gasteiger charge is -2.04. The van der Waals surface area contributed by atoms with E-state index in [0.717, 1.165) is 0 Å². The Labute approximate surface area is 87.1 Å². The molecule has 72 valence electrons. The number of hydrogen-bond donors (Lipinski definition) is 0. The fourth-order valence-corrected chi connectivity index (χ4v) is 1.59. The minimum absolute atomic E-state index is 0.150. The fraction of sp³-hybridized carbons (Fsp3) is 0.200. The van der Waals surface area contributed by atoms with Crippen molar-refractivity contribution in [3.05, 3.63) is 45.7 Å². The molecule has 1 aromatic heterocycles. The normalized spacial score (nSPS) is 10.8. The number of carbonyl (C=O) groups is 1. The van der Waals surface area contributed by atoms with Gasteiger partial charge in [-0.1, -0.05) is 6.07 Å². The predicted molar refractivity (Wildman–Crippen MR) is 57.0 cm³/mol. The molecule has 1 heterocycles. The molecule has 0 aliphatic carbocycles. The SMILES string of the molecule is [C-]#[N+]/C(=C\N(C)C)C(=O)c1cccs1. The molecule has 1 aromatic rings. The maximum absolute atomic E-state index is 11.7. The van der Waals surface area contributed by atoms with Crippen LogP contribution in [0.4, 0.5) is 0 Å². The summed E-state index contributed by atoms with van der Waals surface area (Å²) in [6.45, 7) is 6.90. The van der Waals surface area contributed by atoms with Gasteiger partial charge in [-0.3, -0.25) is 0 Å². The second-order valence-corrected chi connectivity index (χ2v) is 3.84. The van der Waals surface area contributed by atoms with Gasteiger partial charge in [0.15, 0.2) is 0 Å². The van der Waals surface area contributed by atoms with Gasteiger partial charge in [-0.25, -0.2) is 4.85 Å². The molecule has 0 bridgehead atoms. The van der Waals surface area contributed by atoms with Crippen LogP contribution in [0, 0.1) is 6.57 Å².